The average molecular weight is 309 g/mol. The van der Waals surface area contributed by atoms with Gasteiger partial charge in [-0.3, -0.25) is 4.79 Å². The molecule has 2 aromatic carbocycles. The van der Waals surface area contributed by atoms with Gasteiger partial charge in [-0.15, -0.1) is 0 Å². The summed E-state index contributed by atoms with van der Waals surface area (Å²) < 4.78 is 0. The van der Waals surface area contributed by atoms with E-state index in [0.717, 1.165) is 24.9 Å². The maximum atomic E-state index is 12.4. The lowest BCUT2D eigenvalue weighted by molar-refractivity contribution is -0.116. The van der Waals surface area contributed by atoms with Gasteiger partial charge >= 0.3 is 0 Å². The summed E-state index contributed by atoms with van der Waals surface area (Å²) in [5, 5.41) is 3.14. The molecule has 2 heteroatoms. The van der Waals surface area contributed by atoms with E-state index in [2.05, 4.69) is 69.4 Å². The predicted molar refractivity (Wildman–Crippen MR) is 98.1 cm³/mol. The van der Waals surface area contributed by atoms with Gasteiger partial charge in [0.1, 0.15) is 0 Å². The highest BCUT2D eigenvalue weighted by molar-refractivity contribution is 5.92. The SMILES string of the molecule is CCc1cccc(CC)c1NC(=O)CCc1ccc(C)c(C)c1. The van der Waals surface area contributed by atoms with Crippen molar-refractivity contribution < 1.29 is 4.79 Å². The molecular weight excluding hydrogens is 282 g/mol. The molecule has 0 aliphatic carbocycles. The number of benzene rings is 2. The monoisotopic (exact) mass is 309 g/mol. The molecule has 0 fully saturated rings. The maximum Gasteiger partial charge on any atom is 0.224 e. The van der Waals surface area contributed by atoms with Crippen LogP contribution in [0.3, 0.4) is 0 Å². The van der Waals surface area contributed by atoms with E-state index in [1.807, 2.05) is 0 Å². The molecule has 1 amide bonds. The van der Waals surface area contributed by atoms with Crippen LogP contribution in [0.15, 0.2) is 36.4 Å². The Hall–Kier alpha value is -2.09. The molecule has 0 unspecified atom stereocenters. The van der Waals surface area contributed by atoms with Crippen LogP contribution in [-0.4, -0.2) is 5.91 Å². The molecule has 0 aliphatic rings. The fourth-order valence-corrected chi connectivity index (χ4v) is 2.82. The summed E-state index contributed by atoms with van der Waals surface area (Å²) in [6, 6.07) is 12.7. The first-order valence-corrected chi connectivity index (χ1v) is 8.51. The van der Waals surface area contributed by atoms with Crippen LogP contribution in [0.25, 0.3) is 0 Å². The van der Waals surface area contributed by atoms with Crippen molar-refractivity contribution in [3.05, 3.63) is 64.2 Å². The molecule has 0 heterocycles. The molecule has 2 nitrogen and oxygen atoms in total. The minimum absolute atomic E-state index is 0.0961. The van der Waals surface area contributed by atoms with Crippen molar-refractivity contribution in [1.82, 2.24) is 0 Å². The molecular formula is C21H27NO. The summed E-state index contributed by atoms with van der Waals surface area (Å²) in [6.07, 6.45) is 3.16. The van der Waals surface area contributed by atoms with Crippen molar-refractivity contribution >= 4 is 11.6 Å². The van der Waals surface area contributed by atoms with E-state index in [0.29, 0.717) is 6.42 Å². The van der Waals surface area contributed by atoms with Gasteiger partial charge in [0, 0.05) is 12.1 Å². The van der Waals surface area contributed by atoms with Gasteiger partial charge in [-0.25, -0.2) is 0 Å². The van der Waals surface area contributed by atoms with Crippen molar-refractivity contribution in [1.29, 1.82) is 0 Å². The zero-order valence-corrected chi connectivity index (χ0v) is 14.7. The average Bonchev–Trinajstić information content (AvgIpc) is 2.56. The van der Waals surface area contributed by atoms with Crippen LogP contribution in [0.5, 0.6) is 0 Å². The predicted octanol–water partition coefficient (Wildman–Crippen LogP) is 5.00. The Balaban J connectivity index is 2.04. The summed E-state index contributed by atoms with van der Waals surface area (Å²) in [4.78, 5) is 12.4. The van der Waals surface area contributed by atoms with Crippen molar-refractivity contribution in [3.8, 4) is 0 Å². The largest absolute Gasteiger partial charge is 0.326 e. The van der Waals surface area contributed by atoms with Gasteiger partial charge < -0.3 is 5.32 Å². The molecule has 0 radical (unpaired) electrons. The Labute approximate surface area is 139 Å². The van der Waals surface area contributed by atoms with E-state index in [1.165, 1.54) is 27.8 Å². The zero-order valence-electron chi connectivity index (χ0n) is 14.7. The van der Waals surface area contributed by atoms with Crippen molar-refractivity contribution in [3.63, 3.8) is 0 Å². The molecule has 0 saturated carbocycles. The highest BCUT2D eigenvalue weighted by Gasteiger charge is 2.10. The topological polar surface area (TPSA) is 29.1 Å². The molecule has 0 atom stereocenters. The normalized spacial score (nSPS) is 10.6. The molecule has 2 aromatic rings. The highest BCUT2D eigenvalue weighted by Crippen LogP contribution is 2.23. The number of hydrogen-bond acceptors (Lipinski definition) is 1. The summed E-state index contributed by atoms with van der Waals surface area (Å²) in [5.41, 5.74) is 7.24. The van der Waals surface area contributed by atoms with Crippen molar-refractivity contribution in [2.75, 3.05) is 5.32 Å². The second kappa shape index (κ2) is 7.96. The molecule has 23 heavy (non-hydrogen) atoms. The number of anilines is 1. The van der Waals surface area contributed by atoms with Crippen LogP contribution < -0.4 is 5.32 Å². The Bertz CT molecular complexity index is 666. The second-order valence-electron chi connectivity index (χ2n) is 6.13. The third-order valence-electron chi connectivity index (χ3n) is 4.48. The lowest BCUT2D eigenvalue weighted by Gasteiger charge is -2.14. The Morgan fingerprint density at radius 3 is 2.17 bits per heavy atom. The van der Waals surface area contributed by atoms with Gasteiger partial charge in [0.25, 0.3) is 0 Å². The first-order valence-electron chi connectivity index (χ1n) is 8.51. The van der Waals surface area contributed by atoms with Crippen LogP contribution in [-0.2, 0) is 24.1 Å². The minimum Gasteiger partial charge on any atom is -0.326 e. The van der Waals surface area contributed by atoms with E-state index in [9.17, 15) is 4.79 Å². The van der Waals surface area contributed by atoms with Crippen LogP contribution in [0.2, 0.25) is 0 Å². The van der Waals surface area contributed by atoms with E-state index in [1.54, 1.807) is 0 Å². The zero-order chi connectivity index (χ0) is 16.8. The first-order chi connectivity index (χ1) is 11.0. The standard InChI is InChI=1S/C21H27NO/c1-5-18-8-7-9-19(6-2)21(18)22-20(23)13-12-17-11-10-15(3)16(4)14-17/h7-11,14H,5-6,12-13H2,1-4H3,(H,22,23). The number of aryl methyl sites for hydroxylation is 5. The summed E-state index contributed by atoms with van der Waals surface area (Å²) in [5.74, 6) is 0.0961. The molecule has 0 aliphatic heterocycles. The third kappa shape index (κ3) is 4.44. The summed E-state index contributed by atoms with van der Waals surface area (Å²) in [6.45, 7) is 8.47. The van der Waals surface area contributed by atoms with Crippen molar-refractivity contribution in [2.45, 2.75) is 53.4 Å². The maximum absolute atomic E-state index is 12.4. The number of amides is 1. The number of carbonyl (C=O) groups is 1. The Morgan fingerprint density at radius 2 is 1.61 bits per heavy atom. The number of carbonyl (C=O) groups excluding carboxylic acids is 1. The molecule has 0 bridgehead atoms. The van der Waals surface area contributed by atoms with Gasteiger partial charge in [0.2, 0.25) is 5.91 Å². The molecule has 1 N–H and O–H groups in total. The fraction of sp³-hybridized carbons (Fsp3) is 0.381. The highest BCUT2D eigenvalue weighted by atomic mass is 16.1. The minimum atomic E-state index is 0.0961. The smallest absolute Gasteiger partial charge is 0.224 e. The molecule has 0 spiro atoms. The second-order valence-corrected chi connectivity index (χ2v) is 6.13. The number of rotatable bonds is 6. The van der Waals surface area contributed by atoms with Gasteiger partial charge in [-0.2, -0.15) is 0 Å². The quantitative estimate of drug-likeness (QED) is 0.799. The van der Waals surface area contributed by atoms with Crippen molar-refractivity contribution in [2.24, 2.45) is 0 Å². The molecule has 122 valence electrons. The Morgan fingerprint density at radius 1 is 0.957 bits per heavy atom. The number of para-hydroxylation sites is 1. The lowest BCUT2D eigenvalue weighted by atomic mass is 10.0. The fourth-order valence-electron chi connectivity index (χ4n) is 2.82. The summed E-state index contributed by atoms with van der Waals surface area (Å²) >= 11 is 0. The van der Waals surface area contributed by atoms with Crippen LogP contribution in [0, 0.1) is 13.8 Å². The van der Waals surface area contributed by atoms with Gasteiger partial charge in [-0.05, 0) is 60.9 Å². The van der Waals surface area contributed by atoms with Crippen LogP contribution >= 0.6 is 0 Å². The van der Waals surface area contributed by atoms with Crippen LogP contribution in [0.1, 0.15) is 48.1 Å². The molecule has 0 saturated heterocycles. The van der Waals surface area contributed by atoms with Gasteiger partial charge in [-0.1, -0.05) is 50.2 Å². The van der Waals surface area contributed by atoms with Gasteiger partial charge in [0.15, 0.2) is 0 Å². The summed E-state index contributed by atoms with van der Waals surface area (Å²) in [7, 11) is 0. The molecule has 2 rings (SSSR count). The van der Waals surface area contributed by atoms with E-state index >= 15 is 0 Å². The first kappa shape index (κ1) is 17.3. The van der Waals surface area contributed by atoms with Gasteiger partial charge in [0.05, 0.1) is 0 Å². The number of nitrogens with one attached hydrogen (secondary N) is 1. The third-order valence-corrected chi connectivity index (χ3v) is 4.48. The van der Waals surface area contributed by atoms with Crippen LogP contribution in [0.4, 0.5) is 5.69 Å². The van der Waals surface area contributed by atoms with E-state index in [-0.39, 0.29) is 5.91 Å². The Kier molecular flexibility index (Phi) is 5.97. The van der Waals surface area contributed by atoms with E-state index < -0.39 is 0 Å². The lowest BCUT2D eigenvalue weighted by Crippen LogP contribution is -2.15. The van der Waals surface area contributed by atoms with E-state index in [4.69, 9.17) is 0 Å². The number of hydrogen-bond donors (Lipinski definition) is 1. The molecule has 0 aromatic heterocycles.